The molecular formula is C18H30N4O3. The van der Waals surface area contributed by atoms with Gasteiger partial charge in [-0.15, -0.1) is 0 Å². The molecule has 0 amide bonds. The van der Waals surface area contributed by atoms with Crippen LogP contribution in [0.3, 0.4) is 0 Å². The Labute approximate surface area is 149 Å². The van der Waals surface area contributed by atoms with Crippen LogP contribution >= 0.6 is 0 Å². The minimum atomic E-state index is -1.68. The van der Waals surface area contributed by atoms with Gasteiger partial charge in [-0.3, -0.25) is 4.90 Å². The second-order valence-corrected chi connectivity index (χ2v) is 7.14. The van der Waals surface area contributed by atoms with Crippen molar-refractivity contribution >= 4 is 11.9 Å². The van der Waals surface area contributed by atoms with Gasteiger partial charge >= 0.3 is 5.97 Å². The summed E-state index contributed by atoms with van der Waals surface area (Å²) < 4.78 is 0. The molecule has 7 nitrogen and oxygen atoms in total. The van der Waals surface area contributed by atoms with Crippen LogP contribution in [0.25, 0.3) is 0 Å². The Morgan fingerprint density at radius 1 is 1.36 bits per heavy atom. The Morgan fingerprint density at radius 3 is 2.76 bits per heavy atom. The van der Waals surface area contributed by atoms with Crippen LogP contribution in [0.5, 0.6) is 0 Å². The largest absolute Gasteiger partial charge is 0.479 e. The third-order valence-electron chi connectivity index (χ3n) is 4.73. The van der Waals surface area contributed by atoms with Crippen molar-refractivity contribution in [1.82, 2.24) is 14.9 Å². The summed E-state index contributed by atoms with van der Waals surface area (Å²) in [6.07, 6.45) is 6.69. The highest BCUT2D eigenvalue weighted by Crippen LogP contribution is 2.23. The monoisotopic (exact) mass is 350 g/mol. The first-order valence-electron chi connectivity index (χ1n) is 9.06. The number of hydrogen-bond donors (Lipinski definition) is 2. The third kappa shape index (κ3) is 5.12. The number of aliphatic carboxylic acids is 1. The van der Waals surface area contributed by atoms with Gasteiger partial charge in [0.05, 0.1) is 5.69 Å². The molecule has 140 valence electrons. The minimum Gasteiger partial charge on any atom is -0.479 e. The highest BCUT2D eigenvalue weighted by atomic mass is 16.4. The van der Waals surface area contributed by atoms with Crippen molar-refractivity contribution in [1.29, 1.82) is 0 Å². The van der Waals surface area contributed by atoms with E-state index in [0.717, 1.165) is 43.4 Å². The van der Waals surface area contributed by atoms with Gasteiger partial charge < -0.3 is 15.1 Å². The molecule has 7 heteroatoms. The maximum atomic E-state index is 11.6. The van der Waals surface area contributed by atoms with Crippen LogP contribution in [0.1, 0.15) is 50.3 Å². The molecule has 2 heterocycles. The summed E-state index contributed by atoms with van der Waals surface area (Å²) in [7, 11) is 3.81. The van der Waals surface area contributed by atoms with Crippen LogP contribution in [-0.2, 0) is 17.8 Å². The normalized spacial score (nSPS) is 17.0. The number of fused-ring (bicyclic) bond motifs is 1. The molecule has 1 aliphatic heterocycles. The second kappa shape index (κ2) is 8.58. The number of unbranched alkanes of at least 4 members (excludes halogenated alkanes) is 3. The lowest BCUT2D eigenvalue weighted by Gasteiger charge is -2.34. The average Bonchev–Trinajstić information content (AvgIpc) is 2.58. The zero-order chi connectivity index (χ0) is 18.4. The van der Waals surface area contributed by atoms with E-state index in [1.165, 1.54) is 0 Å². The number of rotatable bonds is 9. The van der Waals surface area contributed by atoms with Crippen LogP contribution in [0, 0.1) is 0 Å². The lowest BCUT2D eigenvalue weighted by atomic mass is 9.94. The summed E-state index contributed by atoms with van der Waals surface area (Å²) in [6.45, 7) is 3.52. The molecule has 1 aliphatic rings. The maximum Gasteiger partial charge on any atom is 0.337 e. The molecule has 1 unspecified atom stereocenters. The number of carboxylic acids is 1. The zero-order valence-electron chi connectivity index (χ0n) is 15.5. The predicted octanol–water partition coefficient (Wildman–Crippen LogP) is 1.69. The molecule has 1 aromatic heterocycles. The van der Waals surface area contributed by atoms with Crippen molar-refractivity contribution in [3.05, 3.63) is 17.5 Å². The van der Waals surface area contributed by atoms with Crippen molar-refractivity contribution < 1.29 is 15.0 Å². The molecule has 0 fully saturated rings. The summed E-state index contributed by atoms with van der Waals surface area (Å²) in [5.41, 5.74) is 0.336. The molecule has 2 rings (SSSR count). The van der Waals surface area contributed by atoms with Crippen molar-refractivity contribution in [2.75, 3.05) is 32.1 Å². The second-order valence-electron chi connectivity index (χ2n) is 7.14. The van der Waals surface area contributed by atoms with Gasteiger partial charge in [0.15, 0.2) is 5.60 Å². The standard InChI is InChI=1S/C18H30N4O3/c1-4-5-6-7-9-18(25,16(23)24)13-22-10-8-15-14(12-22)11-19-17(20-15)21(2)3/h11,25H,4-10,12-13H2,1-3H3,(H,23,24). The molecule has 0 bridgehead atoms. The Hall–Kier alpha value is -1.73. The van der Waals surface area contributed by atoms with Crippen LogP contribution in [-0.4, -0.2) is 63.8 Å². The predicted molar refractivity (Wildman–Crippen MR) is 96.7 cm³/mol. The van der Waals surface area contributed by atoms with Gasteiger partial charge in [0.2, 0.25) is 5.95 Å². The van der Waals surface area contributed by atoms with Gasteiger partial charge in [-0.2, -0.15) is 0 Å². The molecule has 0 saturated heterocycles. The number of aliphatic hydroxyl groups is 1. The Kier molecular flexibility index (Phi) is 6.72. The zero-order valence-corrected chi connectivity index (χ0v) is 15.5. The molecule has 0 saturated carbocycles. The van der Waals surface area contributed by atoms with Crippen LogP contribution in [0.15, 0.2) is 6.20 Å². The van der Waals surface area contributed by atoms with Crippen LogP contribution in [0.4, 0.5) is 5.95 Å². The van der Waals surface area contributed by atoms with E-state index >= 15 is 0 Å². The van der Waals surface area contributed by atoms with E-state index in [-0.39, 0.29) is 6.54 Å². The Morgan fingerprint density at radius 2 is 2.12 bits per heavy atom. The molecule has 25 heavy (non-hydrogen) atoms. The summed E-state index contributed by atoms with van der Waals surface area (Å²) in [4.78, 5) is 24.4. The Bertz CT molecular complexity index is 594. The molecule has 1 aromatic rings. The number of anilines is 1. The smallest absolute Gasteiger partial charge is 0.337 e. The number of aromatic nitrogens is 2. The van der Waals surface area contributed by atoms with E-state index in [2.05, 4.69) is 16.9 Å². The topological polar surface area (TPSA) is 89.8 Å². The quantitative estimate of drug-likeness (QED) is 0.655. The van der Waals surface area contributed by atoms with E-state index in [1.807, 2.05) is 30.1 Å². The van der Waals surface area contributed by atoms with Crippen LogP contribution in [0.2, 0.25) is 0 Å². The van der Waals surface area contributed by atoms with Crippen molar-refractivity contribution in [2.24, 2.45) is 0 Å². The molecular weight excluding hydrogens is 320 g/mol. The summed E-state index contributed by atoms with van der Waals surface area (Å²) >= 11 is 0. The molecule has 0 radical (unpaired) electrons. The number of hydrogen-bond acceptors (Lipinski definition) is 6. The average molecular weight is 350 g/mol. The van der Waals surface area contributed by atoms with E-state index in [4.69, 9.17) is 0 Å². The first-order valence-corrected chi connectivity index (χ1v) is 9.06. The molecule has 1 atom stereocenters. The fourth-order valence-corrected chi connectivity index (χ4v) is 3.18. The molecule has 0 aromatic carbocycles. The van der Waals surface area contributed by atoms with E-state index < -0.39 is 11.6 Å². The minimum absolute atomic E-state index is 0.142. The van der Waals surface area contributed by atoms with Crippen LogP contribution < -0.4 is 4.90 Å². The van der Waals surface area contributed by atoms with Gasteiger partial charge in [-0.1, -0.05) is 26.2 Å². The van der Waals surface area contributed by atoms with E-state index in [9.17, 15) is 15.0 Å². The fraction of sp³-hybridized carbons (Fsp3) is 0.722. The summed E-state index contributed by atoms with van der Waals surface area (Å²) in [6, 6.07) is 0. The van der Waals surface area contributed by atoms with Crippen molar-refractivity contribution in [2.45, 2.75) is 57.6 Å². The first-order chi connectivity index (χ1) is 11.9. The molecule has 0 spiro atoms. The molecule has 2 N–H and O–H groups in total. The SMILES string of the molecule is CCCCCCC(O)(CN1CCc2nc(N(C)C)ncc2C1)C(=O)O. The van der Waals surface area contributed by atoms with Crippen molar-refractivity contribution in [3.63, 3.8) is 0 Å². The van der Waals surface area contributed by atoms with Gasteiger partial charge in [-0.05, 0) is 12.8 Å². The number of carboxylic acid groups (broad SMARTS) is 1. The van der Waals surface area contributed by atoms with Gasteiger partial charge in [0.25, 0.3) is 0 Å². The highest BCUT2D eigenvalue weighted by Gasteiger charge is 2.38. The highest BCUT2D eigenvalue weighted by molar-refractivity contribution is 5.77. The van der Waals surface area contributed by atoms with E-state index in [0.29, 0.717) is 25.5 Å². The maximum absolute atomic E-state index is 11.6. The summed E-state index contributed by atoms with van der Waals surface area (Å²) in [5, 5.41) is 20.1. The Balaban J connectivity index is 2.00. The summed E-state index contributed by atoms with van der Waals surface area (Å²) in [5.74, 6) is -0.445. The van der Waals surface area contributed by atoms with Gasteiger partial charge in [0.1, 0.15) is 0 Å². The third-order valence-corrected chi connectivity index (χ3v) is 4.73. The fourth-order valence-electron chi connectivity index (χ4n) is 3.18. The number of β-amino-alcohol motifs (C(OH)–C–C–N with tert-alkyl or cyclic N) is 1. The van der Waals surface area contributed by atoms with Crippen molar-refractivity contribution in [3.8, 4) is 0 Å². The lowest BCUT2D eigenvalue weighted by Crippen LogP contribution is -2.50. The number of carbonyl (C=O) groups is 1. The molecule has 0 aliphatic carbocycles. The van der Waals surface area contributed by atoms with E-state index in [1.54, 1.807) is 0 Å². The first kappa shape index (κ1) is 19.6. The number of nitrogens with zero attached hydrogens (tertiary/aromatic N) is 4. The van der Waals surface area contributed by atoms with Gasteiger partial charge in [-0.25, -0.2) is 14.8 Å². The lowest BCUT2D eigenvalue weighted by molar-refractivity contribution is -0.162. The van der Waals surface area contributed by atoms with Gasteiger partial charge in [0, 0.05) is 51.9 Å².